The molecule has 74 heavy (non-hydrogen) atoms. The maximum absolute atomic E-state index is 13.1. The lowest BCUT2D eigenvalue weighted by Crippen LogP contribution is -2.35. The number of aliphatic hydroxyl groups excluding tert-OH is 4. The van der Waals surface area contributed by atoms with E-state index in [-0.39, 0.29) is 34.0 Å². The highest BCUT2D eigenvalue weighted by molar-refractivity contribution is 6.14. The number of carbonyl (C=O) groups excluding carboxylic acids is 4. The minimum atomic E-state index is -0.714. The van der Waals surface area contributed by atoms with E-state index in [4.69, 9.17) is 0 Å². The van der Waals surface area contributed by atoms with E-state index in [0.717, 1.165) is 75.4 Å². The van der Waals surface area contributed by atoms with Crippen LogP contribution in [0, 0.1) is 69.0 Å². The number of rotatable bonds is 18. The molecule has 0 aromatic carbocycles. The second kappa shape index (κ2) is 24.0. The molecule has 8 aliphatic rings. The fraction of sp³-hybridized carbons (Fsp3) is 0.697. The number of fused-ring (bicyclic) bond motifs is 2. The molecule has 8 aliphatic carbocycles. The number of hydrogen-bond donors (Lipinski definition) is 4. The second-order valence-corrected chi connectivity index (χ2v) is 26.4. The van der Waals surface area contributed by atoms with Gasteiger partial charge in [0.05, 0.1) is 35.2 Å². The van der Waals surface area contributed by atoms with Crippen molar-refractivity contribution in [2.75, 3.05) is 0 Å². The van der Waals surface area contributed by atoms with Crippen LogP contribution in [0.3, 0.4) is 0 Å². The number of allylic oxidation sites excluding steroid dienone is 10. The SMILES string of the molecule is C=C1[C@H](O)CC(=C/C=C2\CCC[C@]3(C)[C@@H]([C@@H](C)/C=C/C(=O)C4(C(=O)CCC(C)C)CC4)CC[C@@H]23)C[C@H]1O.C=C1[C@H](O)CC(=C/C=C2\CCC[C@]3(C)[C@@H]([C@H](C)/C=C/C(=O)C4(C(=O)CCC(C)C)CC4)CC[C@@H]23)C[C@H]1O. The highest BCUT2D eigenvalue weighted by Gasteiger charge is 2.56. The fourth-order valence-electron chi connectivity index (χ4n) is 15.1. The number of carbonyl (C=O) groups is 4. The average Bonchev–Trinajstić information content (AvgIpc) is 4.28. The van der Waals surface area contributed by atoms with Crippen LogP contribution in [-0.2, 0) is 19.2 Å². The van der Waals surface area contributed by atoms with Crippen LogP contribution in [0.25, 0.3) is 0 Å². The Labute approximate surface area is 446 Å². The van der Waals surface area contributed by atoms with Crippen molar-refractivity contribution in [3.05, 3.63) is 95.2 Å². The first-order valence-corrected chi connectivity index (χ1v) is 29.3. The van der Waals surface area contributed by atoms with Gasteiger partial charge in [-0.25, -0.2) is 0 Å². The quantitative estimate of drug-likeness (QED) is 0.0602. The molecule has 0 aromatic rings. The molecule has 8 fully saturated rings. The molecule has 0 heterocycles. The second-order valence-electron chi connectivity index (χ2n) is 26.4. The molecule has 0 amide bonds. The first-order chi connectivity index (χ1) is 34.9. The molecule has 0 radical (unpaired) electrons. The van der Waals surface area contributed by atoms with E-state index in [1.165, 1.54) is 49.7 Å². The van der Waals surface area contributed by atoms with Gasteiger partial charge in [-0.3, -0.25) is 19.2 Å². The van der Waals surface area contributed by atoms with E-state index in [0.29, 0.717) is 97.0 Å². The molecule has 8 heteroatoms. The number of ketones is 4. The minimum Gasteiger partial charge on any atom is -0.388 e. The van der Waals surface area contributed by atoms with Crippen molar-refractivity contribution in [2.24, 2.45) is 69.0 Å². The Hall–Kier alpha value is -3.56. The van der Waals surface area contributed by atoms with Gasteiger partial charge in [-0.2, -0.15) is 0 Å². The molecule has 4 N–H and O–H groups in total. The lowest BCUT2D eigenvalue weighted by atomic mass is 9.61. The Morgan fingerprint density at radius 2 is 0.865 bits per heavy atom. The topological polar surface area (TPSA) is 149 Å². The number of hydrogen-bond acceptors (Lipinski definition) is 8. The number of Topliss-reactive ketones (excluding diaryl/α,β-unsaturated/α-hetero) is 2. The van der Waals surface area contributed by atoms with E-state index in [1.54, 1.807) is 12.2 Å². The summed E-state index contributed by atoms with van der Waals surface area (Å²) < 4.78 is 0. The summed E-state index contributed by atoms with van der Waals surface area (Å²) in [6, 6.07) is 0. The molecule has 0 spiro atoms. The van der Waals surface area contributed by atoms with Crippen LogP contribution in [0.15, 0.2) is 95.2 Å². The molecule has 12 atom stereocenters. The molecular weight excluding hydrogens is 921 g/mol. The van der Waals surface area contributed by atoms with E-state index < -0.39 is 35.2 Å². The van der Waals surface area contributed by atoms with Crippen molar-refractivity contribution in [1.82, 2.24) is 0 Å². The molecule has 0 saturated heterocycles. The maximum atomic E-state index is 13.1. The molecule has 8 saturated carbocycles. The summed E-state index contributed by atoms with van der Waals surface area (Å²) in [5, 5.41) is 40.8. The van der Waals surface area contributed by atoms with Crippen molar-refractivity contribution in [3.8, 4) is 0 Å². The summed E-state index contributed by atoms with van der Waals surface area (Å²) >= 11 is 0. The van der Waals surface area contributed by atoms with Crippen LogP contribution >= 0.6 is 0 Å². The van der Waals surface area contributed by atoms with Crippen molar-refractivity contribution < 1.29 is 39.6 Å². The lowest BCUT2D eigenvalue weighted by Gasteiger charge is -2.44. The molecule has 0 aromatic heterocycles. The maximum Gasteiger partial charge on any atom is 0.168 e. The van der Waals surface area contributed by atoms with Crippen molar-refractivity contribution >= 4 is 23.1 Å². The van der Waals surface area contributed by atoms with Crippen molar-refractivity contribution in [3.63, 3.8) is 0 Å². The van der Waals surface area contributed by atoms with Crippen LogP contribution < -0.4 is 0 Å². The summed E-state index contributed by atoms with van der Waals surface area (Å²) in [5.41, 5.74) is 5.22. The van der Waals surface area contributed by atoms with Crippen LogP contribution in [0.5, 0.6) is 0 Å². The van der Waals surface area contributed by atoms with Crippen LogP contribution in [-0.4, -0.2) is 68.0 Å². The van der Waals surface area contributed by atoms with Gasteiger partial charge in [0.1, 0.15) is 11.6 Å². The van der Waals surface area contributed by atoms with Crippen molar-refractivity contribution in [2.45, 2.75) is 221 Å². The van der Waals surface area contributed by atoms with Gasteiger partial charge >= 0.3 is 0 Å². The van der Waals surface area contributed by atoms with Gasteiger partial charge in [0.25, 0.3) is 0 Å². The van der Waals surface area contributed by atoms with E-state index >= 15 is 0 Å². The van der Waals surface area contributed by atoms with Crippen LogP contribution in [0.4, 0.5) is 0 Å². The summed E-state index contributed by atoms with van der Waals surface area (Å²) in [7, 11) is 0. The van der Waals surface area contributed by atoms with Gasteiger partial charge in [-0.05, 0) is 210 Å². The highest BCUT2D eigenvalue weighted by Crippen LogP contribution is 2.61. The summed E-state index contributed by atoms with van der Waals surface area (Å²) in [4.78, 5) is 51.7. The van der Waals surface area contributed by atoms with Gasteiger partial charge in [0.2, 0.25) is 0 Å². The fourth-order valence-corrected chi connectivity index (χ4v) is 15.1. The van der Waals surface area contributed by atoms with Gasteiger partial charge in [-0.1, -0.05) is 127 Å². The average molecular weight is 1020 g/mol. The zero-order valence-corrected chi connectivity index (χ0v) is 46.9. The van der Waals surface area contributed by atoms with E-state index in [9.17, 15) is 39.6 Å². The molecule has 0 unspecified atom stereocenters. The Balaban J connectivity index is 0.000000216. The van der Waals surface area contributed by atoms with Crippen LogP contribution in [0.1, 0.15) is 197 Å². The van der Waals surface area contributed by atoms with E-state index in [1.807, 2.05) is 0 Å². The summed E-state index contributed by atoms with van der Waals surface area (Å²) in [6.45, 7) is 25.5. The zero-order valence-electron chi connectivity index (χ0n) is 46.9. The Morgan fingerprint density at radius 3 is 1.18 bits per heavy atom. The third kappa shape index (κ3) is 12.7. The molecule has 0 bridgehead atoms. The Bertz CT molecular complexity index is 2120. The largest absolute Gasteiger partial charge is 0.388 e. The minimum absolute atomic E-state index is 0.0307. The first kappa shape index (κ1) is 58.1. The standard InChI is InChI=1S/2C33H48O4/c2*1-21(2)8-14-30(36)33(17-18-33)31(37)15-9-22(3)26-12-13-27-25(7-6-16-32(26,27)5)11-10-24-19-28(34)23(4)29(35)20-24/h2*9-11,15,21-22,26-29,34-35H,4,6-8,12-14,16-20H2,1-3,5H3/b2*15-9+,25-11+/t22-,26+,27-,28+,29+,32+;22-,26-,27+,28-,29-,32-/m01/s1. The zero-order chi connectivity index (χ0) is 53.9. The summed E-state index contributed by atoms with van der Waals surface area (Å²) in [5.74, 6) is 4.03. The Kier molecular flexibility index (Phi) is 18.8. The molecule has 0 aliphatic heterocycles. The van der Waals surface area contributed by atoms with Gasteiger partial charge in [-0.15, -0.1) is 0 Å². The number of aliphatic hydroxyl groups is 4. The molecule has 408 valence electrons. The van der Waals surface area contributed by atoms with Gasteiger partial charge < -0.3 is 20.4 Å². The molecule has 8 rings (SSSR count). The first-order valence-electron chi connectivity index (χ1n) is 29.3. The molecular formula is C66H96O8. The van der Waals surface area contributed by atoms with Crippen LogP contribution in [0.2, 0.25) is 0 Å². The predicted molar refractivity (Wildman–Crippen MR) is 298 cm³/mol. The third-order valence-corrected chi connectivity index (χ3v) is 20.5. The van der Waals surface area contributed by atoms with E-state index in [2.05, 4.69) is 105 Å². The summed E-state index contributed by atoms with van der Waals surface area (Å²) in [6.07, 6.45) is 33.4. The normalized spacial score (nSPS) is 35.2. The predicted octanol–water partition coefficient (Wildman–Crippen LogP) is 13.3. The smallest absolute Gasteiger partial charge is 0.168 e. The highest BCUT2D eigenvalue weighted by atomic mass is 16.3. The van der Waals surface area contributed by atoms with Gasteiger partial charge in [0, 0.05) is 12.8 Å². The van der Waals surface area contributed by atoms with Crippen molar-refractivity contribution in [1.29, 1.82) is 0 Å². The monoisotopic (exact) mass is 1020 g/mol. The Morgan fingerprint density at radius 1 is 0.527 bits per heavy atom. The van der Waals surface area contributed by atoms with Gasteiger partial charge in [0.15, 0.2) is 11.6 Å². The lowest BCUT2D eigenvalue weighted by molar-refractivity contribution is -0.133. The molecule has 8 nitrogen and oxygen atoms in total. The third-order valence-electron chi connectivity index (χ3n) is 20.5.